The lowest BCUT2D eigenvalue weighted by molar-refractivity contribution is 0.145. The summed E-state index contributed by atoms with van der Waals surface area (Å²) in [5, 5.41) is 0. The second-order valence-corrected chi connectivity index (χ2v) is 16.0. The third-order valence-corrected chi connectivity index (χ3v) is 11.6. The maximum absolute atomic E-state index is 14.4. The molecule has 0 N–H and O–H groups in total. The van der Waals surface area contributed by atoms with Crippen molar-refractivity contribution in [2.75, 3.05) is 39.0 Å². The molecule has 0 saturated carbocycles. The van der Waals surface area contributed by atoms with E-state index in [2.05, 4.69) is 46.4 Å². The molecule has 0 aliphatic heterocycles. The second-order valence-electron chi connectivity index (χ2n) is 13.9. The van der Waals surface area contributed by atoms with Crippen molar-refractivity contribution in [3.8, 4) is 0 Å². The van der Waals surface area contributed by atoms with Crippen molar-refractivity contribution in [1.29, 1.82) is 0 Å². The molecule has 0 aliphatic carbocycles. The van der Waals surface area contributed by atoms with Crippen LogP contribution in [0.2, 0.25) is 0 Å². The quantitative estimate of drug-likeness (QED) is 0.0503. The number of rotatable bonds is 36. The third kappa shape index (κ3) is 27.2. The normalized spacial score (nSPS) is 14.7. The largest absolute Gasteiger partial charge is 0.330 e. The molecule has 0 amide bonds. The van der Waals surface area contributed by atoms with E-state index in [1.807, 2.05) is 0 Å². The first-order chi connectivity index (χ1) is 21.5. The summed E-state index contributed by atoms with van der Waals surface area (Å²) in [4.78, 5) is 2.43. The minimum Gasteiger partial charge on any atom is -0.308 e. The van der Waals surface area contributed by atoms with Crippen LogP contribution in [0, 0.1) is 11.8 Å². The highest BCUT2D eigenvalue weighted by Crippen LogP contribution is 2.50. The predicted molar refractivity (Wildman–Crippen MR) is 197 cm³/mol. The molecule has 0 saturated heterocycles. The van der Waals surface area contributed by atoms with Gasteiger partial charge < -0.3 is 13.9 Å². The van der Waals surface area contributed by atoms with Gasteiger partial charge in [-0.1, -0.05) is 170 Å². The topological polar surface area (TPSA) is 38.8 Å². The lowest BCUT2D eigenvalue weighted by atomic mass is 9.95. The number of hydrogen-bond donors (Lipinski definition) is 0. The van der Waals surface area contributed by atoms with Crippen LogP contribution in [0.5, 0.6) is 0 Å². The summed E-state index contributed by atoms with van der Waals surface area (Å²) in [5.74, 6) is 1.01. The van der Waals surface area contributed by atoms with E-state index in [1.165, 1.54) is 154 Å². The molecule has 0 heterocycles. The first kappa shape index (κ1) is 44.1. The van der Waals surface area contributed by atoms with Gasteiger partial charge >= 0.3 is 7.60 Å². The van der Waals surface area contributed by atoms with E-state index in [-0.39, 0.29) is 0 Å². The van der Waals surface area contributed by atoms with Crippen molar-refractivity contribution in [2.24, 2.45) is 11.8 Å². The van der Waals surface area contributed by atoms with E-state index < -0.39 is 7.60 Å². The van der Waals surface area contributed by atoms with E-state index in [0.717, 1.165) is 26.1 Å². The van der Waals surface area contributed by atoms with Crippen LogP contribution in [0.3, 0.4) is 0 Å². The molecular weight excluding hydrogens is 561 g/mol. The summed E-state index contributed by atoms with van der Waals surface area (Å²) in [7, 11) is -3.13. The van der Waals surface area contributed by atoms with Crippen molar-refractivity contribution in [3.05, 3.63) is 0 Å². The lowest BCUT2D eigenvalue weighted by Crippen LogP contribution is -2.25. The Bertz CT molecular complexity index is 572. The minimum absolute atomic E-state index is 0.505. The van der Waals surface area contributed by atoms with Crippen molar-refractivity contribution in [2.45, 2.75) is 202 Å². The van der Waals surface area contributed by atoms with Crippen LogP contribution in [0.25, 0.3) is 0 Å². The molecule has 0 radical (unpaired) electrons. The van der Waals surface area contributed by atoms with Crippen LogP contribution >= 0.6 is 7.60 Å². The molecular formula is C39H82NO3P. The first-order valence-electron chi connectivity index (χ1n) is 20.1. The van der Waals surface area contributed by atoms with E-state index in [1.54, 1.807) is 0 Å². The van der Waals surface area contributed by atoms with Gasteiger partial charge in [0.1, 0.15) is 0 Å². The molecule has 5 heteroatoms. The fourth-order valence-electron chi connectivity index (χ4n) is 6.40. The molecule has 0 spiro atoms. The molecule has 0 fully saturated rings. The van der Waals surface area contributed by atoms with Crippen molar-refractivity contribution in [1.82, 2.24) is 4.90 Å². The standard InChI is InChI=1S/C39H82NO3P/c1-7-13-17-21-23-27-32-38(30-25-19-15-9-3)36-42-44(41,35-29-34-40(11-5)12-6)43-37-39(31-26-20-16-10-4)33-28-24-22-18-14-8-2/h38-39H,7-37H2,1-6H3. The van der Waals surface area contributed by atoms with Crippen molar-refractivity contribution < 1.29 is 13.6 Å². The van der Waals surface area contributed by atoms with Crippen LogP contribution in [0.1, 0.15) is 202 Å². The van der Waals surface area contributed by atoms with Crippen LogP contribution in [0.4, 0.5) is 0 Å². The van der Waals surface area contributed by atoms with E-state index in [4.69, 9.17) is 9.05 Å². The molecule has 44 heavy (non-hydrogen) atoms. The van der Waals surface area contributed by atoms with Crippen molar-refractivity contribution in [3.63, 3.8) is 0 Å². The maximum atomic E-state index is 14.4. The van der Waals surface area contributed by atoms with Gasteiger partial charge in [-0.2, -0.15) is 0 Å². The fraction of sp³-hybridized carbons (Fsp3) is 1.00. The van der Waals surface area contributed by atoms with Gasteiger partial charge in [-0.3, -0.25) is 4.57 Å². The highest BCUT2D eigenvalue weighted by molar-refractivity contribution is 7.53. The molecule has 0 bridgehead atoms. The summed E-state index contributed by atoms with van der Waals surface area (Å²) in [6.45, 7) is 17.9. The molecule has 4 nitrogen and oxygen atoms in total. The summed E-state index contributed by atoms with van der Waals surface area (Å²) in [6.07, 6.45) is 32.5. The Kier molecular flexibility index (Phi) is 33.1. The second kappa shape index (κ2) is 33.0. The molecule has 0 aromatic heterocycles. The van der Waals surface area contributed by atoms with Gasteiger partial charge in [-0.25, -0.2) is 0 Å². The van der Waals surface area contributed by atoms with Crippen LogP contribution in [-0.4, -0.2) is 43.9 Å². The Hall–Kier alpha value is 0.110. The molecule has 0 aromatic rings. The average Bonchev–Trinajstić information content (AvgIpc) is 3.03. The van der Waals surface area contributed by atoms with Crippen LogP contribution < -0.4 is 0 Å². The van der Waals surface area contributed by atoms with Crippen LogP contribution in [0.15, 0.2) is 0 Å². The van der Waals surface area contributed by atoms with Gasteiger partial charge in [0.05, 0.1) is 19.4 Å². The zero-order valence-electron chi connectivity index (χ0n) is 31.2. The molecule has 2 unspecified atom stereocenters. The molecule has 2 atom stereocenters. The maximum Gasteiger partial charge on any atom is 0.330 e. The van der Waals surface area contributed by atoms with E-state index in [9.17, 15) is 4.57 Å². The molecule has 0 aliphatic rings. The predicted octanol–water partition coefficient (Wildman–Crippen LogP) is 13.6. The number of hydrogen-bond acceptors (Lipinski definition) is 4. The highest BCUT2D eigenvalue weighted by Gasteiger charge is 2.28. The minimum atomic E-state index is -3.13. The number of nitrogens with zero attached hydrogens (tertiary/aromatic N) is 1. The fourth-order valence-corrected chi connectivity index (χ4v) is 8.14. The highest BCUT2D eigenvalue weighted by atomic mass is 31.2. The molecule has 0 rings (SSSR count). The van der Waals surface area contributed by atoms with Gasteiger partial charge in [0.15, 0.2) is 0 Å². The van der Waals surface area contributed by atoms with Crippen LogP contribution in [-0.2, 0) is 13.6 Å². The Morgan fingerprint density at radius 2 is 0.773 bits per heavy atom. The first-order valence-corrected chi connectivity index (χ1v) is 21.8. The van der Waals surface area contributed by atoms with Gasteiger partial charge in [0.25, 0.3) is 0 Å². The van der Waals surface area contributed by atoms with Gasteiger partial charge in [0, 0.05) is 0 Å². The molecule has 266 valence electrons. The Morgan fingerprint density at radius 1 is 0.455 bits per heavy atom. The summed E-state index contributed by atoms with van der Waals surface area (Å²) in [6, 6.07) is 0. The van der Waals surface area contributed by atoms with Gasteiger partial charge in [-0.15, -0.1) is 0 Å². The summed E-state index contributed by atoms with van der Waals surface area (Å²) in [5.41, 5.74) is 0. The zero-order chi connectivity index (χ0) is 32.6. The van der Waals surface area contributed by atoms with Crippen molar-refractivity contribution >= 4 is 7.60 Å². The average molecular weight is 644 g/mol. The lowest BCUT2D eigenvalue weighted by Gasteiger charge is -2.26. The third-order valence-electron chi connectivity index (χ3n) is 9.68. The van der Waals surface area contributed by atoms with Gasteiger partial charge in [0.2, 0.25) is 0 Å². The Morgan fingerprint density at radius 3 is 1.11 bits per heavy atom. The Labute approximate surface area is 278 Å². The Balaban J connectivity index is 5.31. The summed E-state index contributed by atoms with van der Waals surface area (Å²) < 4.78 is 27.3. The SMILES string of the molecule is CCCCCCCCC(CCCCCC)COP(=O)(CCCN(CC)CC)OCC(CCCCCC)CCCCCCCC. The zero-order valence-corrected chi connectivity index (χ0v) is 32.1. The monoisotopic (exact) mass is 644 g/mol. The van der Waals surface area contributed by atoms with E-state index >= 15 is 0 Å². The number of unbranched alkanes of at least 4 members (excludes halogenated alkanes) is 16. The smallest absolute Gasteiger partial charge is 0.308 e. The summed E-state index contributed by atoms with van der Waals surface area (Å²) >= 11 is 0. The van der Waals surface area contributed by atoms with Gasteiger partial charge in [-0.05, 0) is 63.6 Å². The van der Waals surface area contributed by atoms with E-state index in [0.29, 0.717) is 31.2 Å². The molecule has 0 aromatic carbocycles.